The Hall–Kier alpha value is -2.07. The number of benzene rings is 1. The van der Waals surface area contributed by atoms with Gasteiger partial charge in [-0.3, -0.25) is 0 Å². The van der Waals surface area contributed by atoms with Crippen molar-refractivity contribution in [1.29, 1.82) is 0 Å². The van der Waals surface area contributed by atoms with E-state index in [1.807, 2.05) is 30.3 Å². The number of hydrogen-bond acceptors (Lipinski definition) is 3. The van der Waals surface area contributed by atoms with E-state index in [9.17, 15) is 0 Å². The molecule has 98 valence electrons. The second-order valence-electron chi connectivity index (χ2n) is 4.51. The van der Waals surface area contributed by atoms with Crippen molar-refractivity contribution >= 4 is 11.0 Å². The molecule has 0 amide bonds. The number of aliphatic hydroxyl groups excluding tert-OH is 1. The van der Waals surface area contributed by atoms with Crippen LogP contribution in [0.4, 0.5) is 0 Å². The molecule has 2 aromatic heterocycles. The van der Waals surface area contributed by atoms with Gasteiger partial charge in [0.1, 0.15) is 11.6 Å². The monoisotopic (exact) mass is 256 g/mol. The first-order valence-corrected chi connectivity index (χ1v) is 6.46. The van der Waals surface area contributed by atoms with Gasteiger partial charge in [0.2, 0.25) is 0 Å². The van der Waals surface area contributed by atoms with Crippen molar-refractivity contribution in [2.75, 3.05) is 6.61 Å². The van der Waals surface area contributed by atoms with E-state index in [-0.39, 0.29) is 6.61 Å². The van der Waals surface area contributed by atoms with Crippen LogP contribution in [0.5, 0.6) is 0 Å². The van der Waals surface area contributed by atoms with Gasteiger partial charge in [-0.2, -0.15) is 0 Å². The Morgan fingerprint density at radius 2 is 2.05 bits per heavy atom. The van der Waals surface area contributed by atoms with Gasteiger partial charge in [0.25, 0.3) is 0 Å². The highest BCUT2D eigenvalue weighted by Crippen LogP contribution is 2.19. The van der Waals surface area contributed by atoms with Crippen molar-refractivity contribution in [2.24, 2.45) is 0 Å². The quantitative estimate of drug-likeness (QED) is 0.763. The van der Waals surface area contributed by atoms with E-state index in [4.69, 9.17) is 9.52 Å². The van der Waals surface area contributed by atoms with Crippen LogP contribution in [0.3, 0.4) is 0 Å². The largest absolute Gasteiger partial charge is 0.467 e. The molecule has 0 bridgehead atoms. The summed E-state index contributed by atoms with van der Waals surface area (Å²) in [4.78, 5) is 4.64. The number of aliphatic hydroxyl groups is 1. The molecule has 0 aliphatic rings. The molecule has 0 unspecified atom stereocenters. The Labute approximate surface area is 111 Å². The van der Waals surface area contributed by atoms with Gasteiger partial charge in [-0.15, -0.1) is 0 Å². The molecular weight excluding hydrogens is 240 g/mol. The number of furan rings is 1. The zero-order valence-electron chi connectivity index (χ0n) is 10.6. The first-order chi connectivity index (χ1) is 9.38. The lowest BCUT2D eigenvalue weighted by molar-refractivity contribution is 0.287. The summed E-state index contributed by atoms with van der Waals surface area (Å²) in [7, 11) is 0. The van der Waals surface area contributed by atoms with Crippen LogP contribution in [0, 0.1) is 0 Å². The Morgan fingerprint density at radius 3 is 2.84 bits per heavy atom. The Bertz CT molecular complexity index is 656. The molecule has 4 nitrogen and oxygen atoms in total. The van der Waals surface area contributed by atoms with Gasteiger partial charge < -0.3 is 14.1 Å². The van der Waals surface area contributed by atoms with Gasteiger partial charge in [-0.25, -0.2) is 4.98 Å². The Balaban J connectivity index is 2.02. The van der Waals surface area contributed by atoms with E-state index in [2.05, 4.69) is 15.6 Å². The first kappa shape index (κ1) is 12.0. The number of para-hydroxylation sites is 2. The third-order valence-electron chi connectivity index (χ3n) is 3.19. The van der Waals surface area contributed by atoms with Crippen LogP contribution in [-0.4, -0.2) is 21.3 Å². The molecule has 0 spiro atoms. The predicted molar refractivity (Wildman–Crippen MR) is 72.9 cm³/mol. The molecule has 19 heavy (non-hydrogen) atoms. The normalized spacial score (nSPS) is 11.2. The molecule has 1 aromatic carbocycles. The van der Waals surface area contributed by atoms with Crippen molar-refractivity contribution in [3.63, 3.8) is 0 Å². The average molecular weight is 256 g/mol. The molecule has 0 saturated carbocycles. The molecule has 0 radical (unpaired) electrons. The number of aryl methyl sites for hydroxylation is 1. The molecule has 4 heteroatoms. The summed E-state index contributed by atoms with van der Waals surface area (Å²) in [5, 5.41) is 8.99. The molecule has 2 heterocycles. The summed E-state index contributed by atoms with van der Waals surface area (Å²) in [6.45, 7) is 0.859. The highest BCUT2D eigenvalue weighted by Gasteiger charge is 2.11. The summed E-state index contributed by atoms with van der Waals surface area (Å²) >= 11 is 0. The third-order valence-corrected chi connectivity index (χ3v) is 3.19. The number of aromatic nitrogens is 2. The van der Waals surface area contributed by atoms with Crippen LogP contribution in [-0.2, 0) is 13.0 Å². The molecule has 0 atom stereocenters. The standard InChI is InChI=1S/C15H16N2O2/c18-9-3-8-15-16-13-6-1-2-7-14(13)17(15)11-12-5-4-10-19-12/h1-2,4-7,10,18H,3,8-9,11H2. The van der Waals surface area contributed by atoms with E-state index < -0.39 is 0 Å². The van der Waals surface area contributed by atoms with E-state index in [0.717, 1.165) is 35.5 Å². The number of rotatable bonds is 5. The SMILES string of the molecule is OCCCc1nc2ccccc2n1Cc1ccco1. The lowest BCUT2D eigenvalue weighted by atomic mass is 10.3. The fraction of sp³-hybridized carbons (Fsp3) is 0.267. The van der Waals surface area contributed by atoms with Crippen molar-refractivity contribution in [3.05, 3.63) is 54.2 Å². The number of hydrogen-bond donors (Lipinski definition) is 1. The zero-order chi connectivity index (χ0) is 13.1. The van der Waals surface area contributed by atoms with Gasteiger partial charge in [0, 0.05) is 13.0 Å². The van der Waals surface area contributed by atoms with E-state index in [1.54, 1.807) is 6.26 Å². The second-order valence-corrected chi connectivity index (χ2v) is 4.51. The Morgan fingerprint density at radius 1 is 1.16 bits per heavy atom. The lowest BCUT2D eigenvalue weighted by Gasteiger charge is -2.06. The van der Waals surface area contributed by atoms with Crippen LogP contribution in [0.15, 0.2) is 47.1 Å². The zero-order valence-corrected chi connectivity index (χ0v) is 10.6. The maximum absolute atomic E-state index is 8.99. The summed E-state index contributed by atoms with van der Waals surface area (Å²) in [6, 6.07) is 11.9. The number of imidazole rings is 1. The van der Waals surface area contributed by atoms with Gasteiger partial charge >= 0.3 is 0 Å². The maximum Gasteiger partial charge on any atom is 0.123 e. The number of fused-ring (bicyclic) bond motifs is 1. The third kappa shape index (κ3) is 2.39. The second kappa shape index (κ2) is 5.28. The molecule has 0 fully saturated rings. The fourth-order valence-corrected chi connectivity index (χ4v) is 2.29. The first-order valence-electron chi connectivity index (χ1n) is 6.46. The van der Waals surface area contributed by atoms with Crippen LogP contribution in [0.2, 0.25) is 0 Å². The highest BCUT2D eigenvalue weighted by molar-refractivity contribution is 5.76. The minimum Gasteiger partial charge on any atom is -0.467 e. The van der Waals surface area contributed by atoms with Crippen molar-refractivity contribution < 1.29 is 9.52 Å². The fourth-order valence-electron chi connectivity index (χ4n) is 2.29. The van der Waals surface area contributed by atoms with Crippen molar-refractivity contribution in [2.45, 2.75) is 19.4 Å². The van der Waals surface area contributed by atoms with Gasteiger partial charge in [-0.05, 0) is 30.7 Å². The van der Waals surface area contributed by atoms with Crippen LogP contribution >= 0.6 is 0 Å². The maximum atomic E-state index is 8.99. The Kier molecular flexibility index (Phi) is 3.33. The smallest absolute Gasteiger partial charge is 0.123 e. The number of nitrogens with zero attached hydrogens (tertiary/aromatic N) is 2. The molecule has 1 N–H and O–H groups in total. The summed E-state index contributed by atoms with van der Waals surface area (Å²) < 4.78 is 7.57. The van der Waals surface area contributed by atoms with Crippen molar-refractivity contribution in [3.8, 4) is 0 Å². The minimum atomic E-state index is 0.184. The van der Waals surface area contributed by atoms with Crippen LogP contribution in [0.25, 0.3) is 11.0 Å². The molecule has 3 rings (SSSR count). The molecular formula is C15H16N2O2. The van der Waals surface area contributed by atoms with E-state index >= 15 is 0 Å². The topological polar surface area (TPSA) is 51.2 Å². The van der Waals surface area contributed by atoms with Gasteiger partial charge in [0.15, 0.2) is 0 Å². The highest BCUT2D eigenvalue weighted by atomic mass is 16.3. The molecule has 3 aromatic rings. The average Bonchev–Trinajstić information content (AvgIpc) is 3.06. The minimum absolute atomic E-state index is 0.184. The summed E-state index contributed by atoms with van der Waals surface area (Å²) in [5.74, 6) is 1.90. The molecule has 0 aliphatic carbocycles. The molecule has 0 aliphatic heterocycles. The van der Waals surface area contributed by atoms with Gasteiger partial charge in [0.05, 0.1) is 23.8 Å². The summed E-state index contributed by atoms with van der Waals surface area (Å²) in [5.41, 5.74) is 2.09. The van der Waals surface area contributed by atoms with E-state index in [1.165, 1.54) is 0 Å². The predicted octanol–water partition coefficient (Wildman–Crippen LogP) is 2.60. The van der Waals surface area contributed by atoms with Crippen molar-refractivity contribution in [1.82, 2.24) is 9.55 Å². The van der Waals surface area contributed by atoms with E-state index in [0.29, 0.717) is 6.54 Å². The lowest BCUT2D eigenvalue weighted by Crippen LogP contribution is -2.05. The van der Waals surface area contributed by atoms with Crippen LogP contribution in [0.1, 0.15) is 18.0 Å². The van der Waals surface area contributed by atoms with Gasteiger partial charge in [-0.1, -0.05) is 12.1 Å². The molecule has 0 saturated heterocycles. The van der Waals surface area contributed by atoms with Crippen LogP contribution < -0.4 is 0 Å². The summed E-state index contributed by atoms with van der Waals surface area (Å²) in [6.07, 6.45) is 3.18.